The molecule has 2 amide bonds. The molecule has 0 atom stereocenters. The molecule has 1 aliphatic rings. The van der Waals surface area contributed by atoms with Gasteiger partial charge in [-0.05, 0) is 49.2 Å². The molecule has 162 valence electrons. The zero-order valence-electron chi connectivity index (χ0n) is 18.1. The van der Waals surface area contributed by atoms with Gasteiger partial charge in [-0.1, -0.05) is 42.5 Å². The van der Waals surface area contributed by atoms with E-state index in [1.807, 2.05) is 32.0 Å². The highest BCUT2D eigenvalue weighted by Crippen LogP contribution is 2.36. The van der Waals surface area contributed by atoms with Gasteiger partial charge in [-0.3, -0.25) is 14.5 Å². The molecule has 1 aliphatic heterocycles. The predicted octanol–water partition coefficient (Wildman–Crippen LogP) is 4.84. The highest BCUT2D eigenvalue weighted by molar-refractivity contribution is 6.36. The van der Waals surface area contributed by atoms with E-state index < -0.39 is 17.6 Å². The monoisotopic (exact) mass is 430 g/mol. The lowest BCUT2D eigenvalue weighted by atomic mass is 10.0. The van der Waals surface area contributed by atoms with Gasteiger partial charge in [0.15, 0.2) is 0 Å². The number of rotatable bonds is 6. The summed E-state index contributed by atoms with van der Waals surface area (Å²) in [4.78, 5) is 27.9. The van der Waals surface area contributed by atoms with Crippen molar-refractivity contribution in [2.75, 3.05) is 12.4 Å². The molecule has 0 saturated carbocycles. The average Bonchev–Trinajstić information content (AvgIpc) is 2.98. The molecule has 32 heavy (non-hydrogen) atoms. The van der Waals surface area contributed by atoms with Gasteiger partial charge in [0.2, 0.25) is 0 Å². The number of aryl methyl sites for hydroxylation is 2. The van der Waals surface area contributed by atoms with Crippen molar-refractivity contribution in [3.63, 3.8) is 0 Å². The van der Waals surface area contributed by atoms with Crippen LogP contribution in [0.15, 0.2) is 72.4 Å². The Balaban J connectivity index is 1.81. The third kappa shape index (κ3) is 3.99. The Morgan fingerprint density at radius 1 is 0.906 bits per heavy atom. The van der Waals surface area contributed by atoms with E-state index in [0.717, 1.165) is 16.0 Å². The maximum absolute atomic E-state index is 14.3. The summed E-state index contributed by atoms with van der Waals surface area (Å²) in [5.41, 5.74) is 3.83. The quantitative estimate of drug-likeness (QED) is 0.569. The molecule has 0 aromatic heterocycles. The van der Waals surface area contributed by atoms with Crippen LogP contribution in [0.3, 0.4) is 0 Å². The molecule has 6 heteroatoms. The first-order valence-corrected chi connectivity index (χ1v) is 10.2. The van der Waals surface area contributed by atoms with Gasteiger partial charge in [-0.2, -0.15) is 0 Å². The lowest BCUT2D eigenvalue weighted by molar-refractivity contribution is -0.137. The number of ether oxygens (including phenoxy) is 1. The number of halogens is 1. The molecule has 0 fully saturated rings. The SMILES string of the molecule is COc1ccccc1C1=C(Nc2cc(C)cc(C)c2)C(=O)N(Cc2ccccc2F)C1=O. The molecule has 0 saturated heterocycles. The Labute approximate surface area is 186 Å². The molecule has 3 aromatic carbocycles. The number of para-hydroxylation sites is 1. The van der Waals surface area contributed by atoms with Crippen molar-refractivity contribution in [1.29, 1.82) is 0 Å². The number of carbonyl (C=O) groups excluding carboxylic acids is 2. The van der Waals surface area contributed by atoms with Gasteiger partial charge in [0.25, 0.3) is 11.8 Å². The van der Waals surface area contributed by atoms with Crippen LogP contribution < -0.4 is 10.1 Å². The van der Waals surface area contributed by atoms with Crippen molar-refractivity contribution in [3.05, 3.63) is 100 Å². The van der Waals surface area contributed by atoms with Crippen LogP contribution in [0.4, 0.5) is 10.1 Å². The number of methoxy groups -OCH3 is 1. The molecule has 3 aromatic rings. The number of nitrogens with one attached hydrogen (secondary N) is 1. The van der Waals surface area contributed by atoms with Crippen LogP contribution in [-0.2, 0) is 16.1 Å². The fourth-order valence-electron chi connectivity index (χ4n) is 3.92. The Bertz CT molecular complexity index is 1230. The fraction of sp³-hybridized carbons (Fsp3) is 0.154. The van der Waals surface area contributed by atoms with Crippen LogP contribution in [0.5, 0.6) is 5.75 Å². The minimum absolute atomic E-state index is 0.140. The van der Waals surface area contributed by atoms with Crippen molar-refractivity contribution < 1.29 is 18.7 Å². The van der Waals surface area contributed by atoms with Gasteiger partial charge < -0.3 is 10.1 Å². The third-order valence-electron chi connectivity index (χ3n) is 5.32. The van der Waals surface area contributed by atoms with Crippen LogP contribution in [-0.4, -0.2) is 23.8 Å². The first kappa shape index (κ1) is 21.3. The maximum atomic E-state index is 14.3. The molecule has 1 heterocycles. The van der Waals surface area contributed by atoms with E-state index in [1.54, 1.807) is 42.5 Å². The van der Waals surface area contributed by atoms with Crippen LogP contribution in [0.25, 0.3) is 5.57 Å². The third-order valence-corrected chi connectivity index (χ3v) is 5.32. The summed E-state index contributed by atoms with van der Waals surface area (Å²) >= 11 is 0. The molecule has 0 unspecified atom stereocenters. The largest absolute Gasteiger partial charge is 0.496 e. The molecule has 0 radical (unpaired) electrons. The predicted molar refractivity (Wildman–Crippen MR) is 121 cm³/mol. The summed E-state index contributed by atoms with van der Waals surface area (Å²) in [5, 5.41) is 3.15. The lowest BCUT2D eigenvalue weighted by Gasteiger charge is -2.16. The molecule has 1 N–H and O–H groups in total. The van der Waals surface area contributed by atoms with Gasteiger partial charge >= 0.3 is 0 Å². The van der Waals surface area contributed by atoms with Crippen molar-refractivity contribution in [2.24, 2.45) is 0 Å². The topological polar surface area (TPSA) is 58.6 Å². The molecule has 5 nitrogen and oxygen atoms in total. The van der Waals surface area contributed by atoms with Crippen LogP contribution >= 0.6 is 0 Å². The van der Waals surface area contributed by atoms with Gasteiger partial charge in [0, 0.05) is 16.8 Å². The van der Waals surface area contributed by atoms with E-state index in [1.165, 1.54) is 13.2 Å². The van der Waals surface area contributed by atoms with Crippen LogP contribution in [0.2, 0.25) is 0 Å². The highest BCUT2D eigenvalue weighted by atomic mass is 19.1. The first-order valence-electron chi connectivity index (χ1n) is 10.2. The number of benzene rings is 3. The normalized spacial score (nSPS) is 13.7. The van der Waals surface area contributed by atoms with E-state index in [2.05, 4.69) is 5.32 Å². The number of amides is 2. The molecule has 0 aliphatic carbocycles. The standard InChI is InChI=1S/C26H23FN2O3/c1-16-12-17(2)14-19(13-16)28-24-23(20-9-5-7-11-22(20)32-3)25(30)29(26(24)31)15-18-8-4-6-10-21(18)27/h4-14,28H,15H2,1-3H3. The summed E-state index contributed by atoms with van der Waals surface area (Å²) in [7, 11) is 1.51. The Morgan fingerprint density at radius 3 is 2.25 bits per heavy atom. The van der Waals surface area contributed by atoms with E-state index >= 15 is 0 Å². The summed E-state index contributed by atoms with van der Waals surface area (Å²) in [6, 6.07) is 19.0. The number of hydrogen-bond donors (Lipinski definition) is 1. The first-order chi connectivity index (χ1) is 15.4. The second kappa shape index (κ2) is 8.67. The number of carbonyl (C=O) groups is 2. The van der Waals surface area contributed by atoms with E-state index in [4.69, 9.17) is 4.74 Å². The molecular weight excluding hydrogens is 407 g/mol. The maximum Gasteiger partial charge on any atom is 0.278 e. The summed E-state index contributed by atoms with van der Waals surface area (Å²) in [6.07, 6.45) is 0. The lowest BCUT2D eigenvalue weighted by Crippen LogP contribution is -2.32. The van der Waals surface area contributed by atoms with Gasteiger partial charge in [-0.15, -0.1) is 0 Å². The number of anilines is 1. The summed E-state index contributed by atoms with van der Waals surface area (Å²) in [5.74, 6) is -1.02. The Hall–Kier alpha value is -3.93. The summed E-state index contributed by atoms with van der Waals surface area (Å²) < 4.78 is 19.7. The summed E-state index contributed by atoms with van der Waals surface area (Å²) in [6.45, 7) is 3.75. The average molecular weight is 430 g/mol. The van der Waals surface area contributed by atoms with Gasteiger partial charge in [0.1, 0.15) is 17.3 Å². The number of nitrogens with zero attached hydrogens (tertiary/aromatic N) is 1. The smallest absolute Gasteiger partial charge is 0.278 e. The van der Waals surface area contributed by atoms with Crippen molar-refractivity contribution in [1.82, 2.24) is 4.90 Å². The Morgan fingerprint density at radius 2 is 1.56 bits per heavy atom. The van der Waals surface area contributed by atoms with Crippen LogP contribution in [0.1, 0.15) is 22.3 Å². The zero-order valence-corrected chi connectivity index (χ0v) is 18.1. The van der Waals surface area contributed by atoms with Crippen molar-refractivity contribution >= 4 is 23.1 Å². The second-order valence-electron chi connectivity index (χ2n) is 7.74. The molecule has 0 bridgehead atoms. The van der Waals surface area contributed by atoms with Gasteiger partial charge in [-0.25, -0.2) is 4.39 Å². The van der Waals surface area contributed by atoms with Crippen LogP contribution in [0, 0.1) is 19.7 Å². The van der Waals surface area contributed by atoms with Crippen molar-refractivity contribution in [2.45, 2.75) is 20.4 Å². The van der Waals surface area contributed by atoms with Gasteiger partial charge in [0.05, 0.1) is 19.2 Å². The number of imide groups is 1. The van der Waals surface area contributed by atoms with E-state index in [0.29, 0.717) is 17.0 Å². The fourth-order valence-corrected chi connectivity index (χ4v) is 3.92. The minimum atomic E-state index is -0.515. The molecule has 4 rings (SSSR count). The van der Waals surface area contributed by atoms with Crippen molar-refractivity contribution in [3.8, 4) is 5.75 Å². The Kier molecular flexibility index (Phi) is 5.77. The second-order valence-corrected chi connectivity index (χ2v) is 7.74. The van der Waals surface area contributed by atoms with E-state index in [-0.39, 0.29) is 23.4 Å². The zero-order chi connectivity index (χ0) is 22.8. The highest BCUT2D eigenvalue weighted by Gasteiger charge is 2.40. The molecular formula is C26H23FN2O3. The minimum Gasteiger partial charge on any atom is -0.496 e. The molecule has 0 spiro atoms. The number of hydrogen-bond acceptors (Lipinski definition) is 4. The van der Waals surface area contributed by atoms with E-state index in [9.17, 15) is 14.0 Å².